The number of rotatable bonds is 3. The van der Waals surface area contributed by atoms with Crippen LogP contribution < -0.4 is 5.73 Å². The van der Waals surface area contributed by atoms with E-state index in [2.05, 4.69) is 0 Å². The van der Waals surface area contributed by atoms with E-state index in [1.807, 2.05) is 18.2 Å². The van der Waals surface area contributed by atoms with E-state index in [9.17, 15) is 4.79 Å². The van der Waals surface area contributed by atoms with Crippen LogP contribution in [0.15, 0.2) is 24.3 Å². The second-order valence-electron chi connectivity index (χ2n) is 3.01. The summed E-state index contributed by atoms with van der Waals surface area (Å²) >= 11 is 0. The minimum absolute atomic E-state index is 0.445. The standard InChI is InChI=1S/C10H13NO2/c1-7(10(12)13)9-4-2-3-8(5-9)6-11/h2-5,7H,6,11H2,1H3,(H,12,13). The molecule has 0 aliphatic rings. The summed E-state index contributed by atoms with van der Waals surface area (Å²) in [6, 6.07) is 7.35. The molecule has 0 aliphatic heterocycles. The van der Waals surface area contributed by atoms with E-state index in [1.165, 1.54) is 0 Å². The first-order valence-electron chi connectivity index (χ1n) is 4.17. The summed E-state index contributed by atoms with van der Waals surface area (Å²) in [5, 5.41) is 8.77. The van der Waals surface area contributed by atoms with Crippen molar-refractivity contribution in [2.75, 3.05) is 0 Å². The van der Waals surface area contributed by atoms with Crippen LogP contribution in [0.4, 0.5) is 0 Å². The van der Waals surface area contributed by atoms with Crippen molar-refractivity contribution in [1.29, 1.82) is 0 Å². The third-order valence-electron chi connectivity index (χ3n) is 2.06. The van der Waals surface area contributed by atoms with E-state index in [0.29, 0.717) is 6.54 Å². The van der Waals surface area contributed by atoms with Gasteiger partial charge in [-0.25, -0.2) is 0 Å². The van der Waals surface area contributed by atoms with Crippen molar-refractivity contribution >= 4 is 5.97 Å². The molecule has 1 aromatic rings. The van der Waals surface area contributed by atoms with Gasteiger partial charge in [0.1, 0.15) is 0 Å². The quantitative estimate of drug-likeness (QED) is 0.735. The minimum Gasteiger partial charge on any atom is -0.481 e. The van der Waals surface area contributed by atoms with E-state index in [1.54, 1.807) is 13.0 Å². The largest absolute Gasteiger partial charge is 0.481 e. The number of nitrogens with two attached hydrogens (primary N) is 1. The molecule has 70 valence electrons. The van der Waals surface area contributed by atoms with Gasteiger partial charge in [-0.3, -0.25) is 4.79 Å². The zero-order valence-electron chi connectivity index (χ0n) is 7.53. The highest BCUT2D eigenvalue weighted by molar-refractivity contribution is 5.75. The second kappa shape index (κ2) is 4.05. The number of hydrogen-bond acceptors (Lipinski definition) is 2. The van der Waals surface area contributed by atoms with Gasteiger partial charge in [0.2, 0.25) is 0 Å². The van der Waals surface area contributed by atoms with Gasteiger partial charge < -0.3 is 10.8 Å². The summed E-state index contributed by atoms with van der Waals surface area (Å²) in [6.07, 6.45) is 0. The van der Waals surface area contributed by atoms with Crippen molar-refractivity contribution in [1.82, 2.24) is 0 Å². The van der Waals surface area contributed by atoms with Gasteiger partial charge in [-0.2, -0.15) is 0 Å². The molecule has 0 fully saturated rings. The first kappa shape index (κ1) is 9.74. The molecule has 3 N–H and O–H groups in total. The topological polar surface area (TPSA) is 63.3 Å². The Labute approximate surface area is 77.2 Å². The Morgan fingerprint density at radius 3 is 2.85 bits per heavy atom. The fourth-order valence-corrected chi connectivity index (χ4v) is 1.13. The Morgan fingerprint density at radius 1 is 1.62 bits per heavy atom. The van der Waals surface area contributed by atoms with Gasteiger partial charge in [0.25, 0.3) is 0 Å². The highest BCUT2D eigenvalue weighted by Crippen LogP contribution is 2.16. The van der Waals surface area contributed by atoms with Gasteiger partial charge in [0.05, 0.1) is 5.92 Å². The highest BCUT2D eigenvalue weighted by atomic mass is 16.4. The molecule has 0 saturated heterocycles. The van der Waals surface area contributed by atoms with Gasteiger partial charge in [0.15, 0.2) is 0 Å². The summed E-state index contributed by atoms with van der Waals surface area (Å²) in [6.45, 7) is 2.11. The third kappa shape index (κ3) is 2.29. The molecule has 1 unspecified atom stereocenters. The molecule has 0 spiro atoms. The van der Waals surface area contributed by atoms with Crippen LogP contribution in [0.2, 0.25) is 0 Å². The van der Waals surface area contributed by atoms with Crippen LogP contribution in [-0.4, -0.2) is 11.1 Å². The summed E-state index contributed by atoms with van der Waals surface area (Å²) in [4.78, 5) is 10.7. The Balaban J connectivity index is 2.94. The Kier molecular flexibility index (Phi) is 3.03. The summed E-state index contributed by atoms with van der Waals surface area (Å²) in [7, 11) is 0. The highest BCUT2D eigenvalue weighted by Gasteiger charge is 2.12. The zero-order chi connectivity index (χ0) is 9.84. The van der Waals surface area contributed by atoms with Gasteiger partial charge in [0, 0.05) is 6.54 Å². The maximum absolute atomic E-state index is 10.7. The average Bonchev–Trinajstić information content (AvgIpc) is 2.16. The zero-order valence-corrected chi connectivity index (χ0v) is 7.53. The van der Waals surface area contributed by atoms with E-state index in [-0.39, 0.29) is 0 Å². The van der Waals surface area contributed by atoms with Crippen molar-refractivity contribution in [2.45, 2.75) is 19.4 Å². The van der Waals surface area contributed by atoms with Crippen LogP contribution in [0.5, 0.6) is 0 Å². The molecule has 1 atom stereocenters. The summed E-state index contributed by atoms with van der Waals surface area (Å²) < 4.78 is 0. The van der Waals surface area contributed by atoms with E-state index < -0.39 is 11.9 Å². The van der Waals surface area contributed by atoms with Crippen LogP contribution in [-0.2, 0) is 11.3 Å². The number of benzene rings is 1. The summed E-state index contributed by atoms with van der Waals surface area (Å²) in [5.41, 5.74) is 7.21. The van der Waals surface area contributed by atoms with E-state index in [4.69, 9.17) is 10.8 Å². The second-order valence-corrected chi connectivity index (χ2v) is 3.01. The fraction of sp³-hybridized carbons (Fsp3) is 0.300. The predicted octanol–water partition coefficient (Wildman–Crippen LogP) is 1.33. The van der Waals surface area contributed by atoms with Crippen LogP contribution in [0, 0.1) is 0 Å². The minimum atomic E-state index is -0.811. The van der Waals surface area contributed by atoms with Gasteiger partial charge in [-0.1, -0.05) is 24.3 Å². The molecule has 0 saturated carbocycles. The van der Waals surface area contributed by atoms with Crippen LogP contribution in [0.25, 0.3) is 0 Å². The Bertz CT molecular complexity index is 310. The van der Waals surface area contributed by atoms with Crippen molar-refractivity contribution < 1.29 is 9.90 Å². The van der Waals surface area contributed by atoms with Crippen LogP contribution in [0.1, 0.15) is 24.0 Å². The lowest BCUT2D eigenvalue weighted by atomic mass is 9.99. The Hall–Kier alpha value is -1.35. The monoisotopic (exact) mass is 179 g/mol. The third-order valence-corrected chi connectivity index (χ3v) is 2.06. The molecule has 13 heavy (non-hydrogen) atoms. The van der Waals surface area contributed by atoms with Crippen LogP contribution in [0.3, 0.4) is 0 Å². The van der Waals surface area contributed by atoms with E-state index >= 15 is 0 Å². The number of aliphatic carboxylic acids is 1. The molecular formula is C10H13NO2. The van der Waals surface area contributed by atoms with Gasteiger partial charge >= 0.3 is 5.97 Å². The van der Waals surface area contributed by atoms with Gasteiger partial charge in [-0.05, 0) is 18.1 Å². The number of carboxylic acids is 1. The summed E-state index contributed by atoms with van der Waals surface area (Å²) in [5.74, 6) is -1.28. The first-order chi connectivity index (χ1) is 6.15. The normalized spacial score (nSPS) is 12.5. The molecule has 0 radical (unpaired) electrons. The van der Waals surface area contributed by atoms with Crippen molar-refractivity contribution in [2.24, 2.45) is 5.73 Å². The Morgan fingerprint density at radius 2 is 2.31 bits per heavy atom. The van der Waals surface area contributed by atoms with Gasteiger partial charge in [-0.15, -0.1) is 0 Å². The van der Waals surface area contributed by atoms with E-state index in [0.717, 1.165) is 11.1 Å². The van der Waals surface area contributed by atoms with Crippen LogP contribution >= 0.6 is 0 Å². The molecule has 1 aromatic carbocycles. The van der Waals surface area contributed by atoms with Crippen molar-refractivity contribution in [3.05, 3.63) is 35.4 Å². The number of hydrogen-bond donors (Lipinski definition) is 2. The maximum atomic E-state index is 10.7. The lowest BCUT2D eigenvalue weighted by molar-refractivity contribution is -0.138. The molecule has 3 heteroatoms. The number of carboxylic acid groups (broad SMARTS) is 1. The predicted molar refractivity (Wildman–Crippen MR) is 50.4 cm³/mol. The average molecular weight is 179 g/mol. The molecule has 0 aliphatic carbocycles. The van der Waals surface area contributed by atoms with Crippen molar-refractivity contribution in [3.63, 3.8) is 0 Å². The molecule has 0 heterocycles. The lowest BCUT2D eigenvalue weighted by Gasteiger charge is -2.07. The smallest absolute Gasteiger partial charge is 0.310 e. The lowest BCUT2D eigenvalue weighted by Crippen LogP contribution is -2.08. The molecular weight excluding hydrogens is 166 g/mol. The molecule has 1 rings (SSSR count). The van der Waals surface area contributed by atoms with Crippen molar-refractivity contribution in [3.8, 4) is 0 Å². The molecule has 3 nitrogen and oxygen atoms in total. The first-order valence-corrected chi connectivity index (χ1v) is 4.17. The SMILES string of the molecule is CC(C(=O)O)c1cccc(CN)c1. The molecule has 0 bridgehead atoms. The maximum Gasteiger partial charge on any atom is 0.310 e. The fourth-order valence-electron chi connectivity index (χ4n) is 1.13. The molecule has 0 amide bonds. The molecule has 0 aromatic heterocycles. The number of carbonyl (C=O) groups is 1.